The molecule has 0 radical (unpaired) electrons. The van der Waals surface area contributed by atoms with E-state index in [-0.39, 0.29) is 20.1 Å². The number of fused-ring (bicyclic) bond motifs is 1. The summed E-state index contributed by atoms with van der Waals surface area (Å²) in [7, 11) is 0. The predicted molar refractivity (Wildman–Crippen MR) is 158 cm³/mol. The fraction of sp³-hybridized carbons (Fsp3) is 0. The van der Waals surface area contributed by atoms with Crippen LogP contribution in [0, 0.1) is 18.8 Å². The van der Waals surface area contributed by atoms with E-state index >= 15 is 0 Å². The Kier molecular flexibility index (Phi) is 8.59. The van der Waals surface area contributed by atoms with E-state index in [9.17, 15) is 0 Å². The molecule has 1 aliphatic rings. The third kappa shape index (κ3) is 6.15. The van der Waals surface area contributed by atoms with Gasteiger partial charge in [0.1, 0.15) is 5.84 Å². The van der Waals surface area contributed by atoms with Gasteiger partial charge in [-0.25, -0.2) is 0 Å². The molecule has 6 heteroatoms. The average Bonchev–Trinajstić information content (AvgIpc) is 3.65. The monoisotopic (exact) mass is 700 g/mol. The van der Waals surface area contributed by atoms with Crippen molar-refractivity contribution in [1.82, 2.24) is 4.98 Å². The first-order chi connectivity index (χ1) is 18.8. The molecule has 4 nitrogen and oxygen atoms in total. The van der Waals surface area contributed by atoms with Crippen LogP contribution in [0.1, 0.15) is 5.56 Å². The number of amidine groups is 1. The standard InChI is InChI=1S/C20H15N3.C13H8NS.Ir/c1-4-10-17(11-5-1)20-21-23(19-14-8-3-9-15-19)16-22(20)18-12-6-2-7-13-18;1-2-6-10(7-3-1)13-14-11-8-4-5-9-12(11)15-13;/h1-14,16H;1-6,8-9H;/q-2;-1;+3. The van der Waals surface area contributed by atoms with Gasteiger partial charge in [-0.15, -0.1) is 48.6 Å². The number of rotatable bonds is 4. The van der Waals surface area contributed by atoms with Crippen LogP contribution >= 0.6 is 11.3 Å². The van der Waals surface area contributed by atoms with E-state index in [0.29, 0.717) is 0 Å². The van der Waals surface area contributed by atoms with Crippen LogP contribution in [0.15, 0.2) is 139 Å². The Labute approximate surface area is 246 Å². The number of nitrogens with zero attached hydrogens (tertiary/aromatic N) is 4. The molecule has 0 aliphatic carbocycles. The summed E-state index contributed by atoms with van der Waals surface area (Å²) in [6.07, 6.45) is 0. The molecule has 0 atom stereocenters. The normalized spacial score (nSPS) is 12.4. The molecular weight excluding hydrogens is 677 g/mol. The molecule has 39 heavy (non-hydrogen) atoms. The molecule has 0 fully saturated rings. The zero-order valence-corrected chi connectivity index (χ0v) is 24.0. The van der Waals surface area contributed by atoms with Crippen molar-refractivity contribution >= 4 is 38.8 Å². The number of hydrogen-bond acceptors (Lipinski definition) is 5. The molecule has 0 unspecified atom stereocenters. The SMILES string of the molecule is [Ir+3].[c-]1ccccc1-c1nc2ccccc2s1.[c-]1ccccc1N1[CH-]N(c2ccccc2)C(c2ccccc2)=N1. The fourth-order valence-electron chi connectivity index (χ4n) is 4.06. The second kappa shape index (κ2) is 12.6. The van der Waals surface area contributed by atoms with Gasteiger partial charge >= 0.3 is 20.1 Å². The largest absolute Gasteiger partial charge is 3.00 e. The van der Waals surface area contributed by atoms with Crippen molar-refractivity contribution in [3.63, 3.8) is 0 Å². The summed E-state index contributed by atoms with van der Waals surface area (Å²) in [5.74, 6) is 0.897. The van der Waals surface area contributed by atoms with Crippen LogP contribution in [0.2, 0.25) is 0 Å². The number of hydrogen-bond donors (Lipinski definition) is 0. The maximum Gasteiger partial charge on any atom is 3.00 e. The van der Waals surface area contributed by atoms with Crippen molar-refractivity contribution in [3.05, 3.63) is 158 Å². The number of para-hydroxylation sites is 3. The Balaban J connectivity index is 0.000000167. The minimum absolute atomic E-state index is 0. The van der Waals surface area contributed by atoms with Crippen LogP contribution in [0.5, 0.6) is 0 Å². The van der Waals surface area contributed by atoms with Crippen molar-refractivity contribution in [3.8, 4) is 10.6 Å². The molecule has 0 bridgehead atoms. The average molecular weight is 700 g/mol. The Bertz CT molecular complexity index is 1610. The molecule has 0 N–H and O–H groups in total. The summed E-state index contributed by atoms with van der Waals surface area (Å²) in [5, 5.41) is 7.67. The van der Waals surface area contributed by atoms with Crippen LogP contribution in [0.3, 0.4) is 0 Å². The molecule has 1 aromatic heterocycles. The smallest absolute Gasteiger partial charge is 0.456 e. The molecule has 0 saturated heterocycles. The van der Waals surface area contributed by atoms with E-state index in [1.165, 1.54) is 4.70 Å². The van der Waals surface area contributed by atoms with Gasteiger partial charge < -0.3 is 9.91 Å². The van der Waals surface area contributed by atoms with E-state index in [2.05, 4.69) is 52.3 Å². The van der Waals surface area contributed by atoms with E-state index in [1.807, 2.05) is 115 Å². The van der Waals surface area contributed by atoms with Crippen LogP contribution in [-0.4, -0.2) is 10.8 Å². The second-order valence-electron chi connectivity index (χ2n) is 8.47. The van der Waals surface area contributed by atoms with E-state index < -0.39 is 0 Å². The van der Waals surface area contributed by atoms with Crippen LogP contribution in [-0.2, 0) is 20.1 Å². The number of benzene rings is 5. The Hall–Kier alpha value is -4.09. The second-order valence-corrected chi connectivity index (χ2v) is 9.50. The summed E-state index contributed by atoms with van der Waals surface area (Å²) in [5.41, 5.74) is 5.20. The summed E-state index contributed by atoms with van der Waals surface area (Å²) in [6.45, 7) is 1.99. The van der Waals surface area contributed by atoms with E-state index in [4.69, 9.17) is 5.10 Å². The number of hydrazone groups is 1. The number of aromatic nitrogens is 1. The fourth-order valence-corrected chi connectivity index (χ4v) is 5.01. The number of anilines is 2. The molecule has 1 aliphatic heterocycles. The quantitative estimate of drug-likeness (QED) is 0.175. The zero-order valence-electron chi connectivity index (χ0n) is 20.8. The van der Waals surface area contributed by atoms with Crippen molar-refractivity contribution in [2.45, 2.75) is 0 Å². The molecule has 7 rings (SSSR count). The maximum atomic E-state index is 4.78. The molecule has 6 aromatic rings. The molecule has 2 heterocycles. The number of thiazole rings is 1. The zero-order chi connectivity index (χ0) is 25.6. The van der Waals surface area contributed by atoms with Crippen LogP contribution < -0.4 is 9.91 Å². The van der Waals surface area contributed by atoms with Crippen molar-refractivity contribution in [2.75, 3.05) is 9.91 Å². The molecule has 5 aromatic carbocycles. The summed E-state index contributed by atoms with van der Waals surface area (Å²) in [6, 6.07) is 50.8. The van der Waals surface area contributed by atoms with Gasteiger partial charge in [-0.1, -0.05) is 66.4 Å². The van der Waals surface area contributed by atoms with Gasteiger partial charge in [0.25, 0.3) is 0 Å². The van der Waals surface area contributed by atoms with Crippen LogP contribution in [0.4, 0.5) is 11.4 Å². The predicted octanol–water partition coefficient (Wildman–Crippen LogP) is 8.06. The molecule has 0 saturated carbocycles. The summed E-state index contributed by atoms with van der Waals surface area (Å²) < 4.78 is 1.23. The van der Waals surface area contributed by atoms with Gasteiger partial charge in [0.05, 0.1) is 5.52 Å². The molecule has 0 spiro atoms. The van der Waals surface area contributed by atoms with E-state index in [1.54, 1.807) is 11.3 Å². The van der Waals surface area contributed by atoms with E-state index in [0.717, 1.165) is 38.9 Å². The summed E-state index contributed by atoms with van der Waals surface area (Å²) >= 11 is 1.71. The first-order valence-corrected chi connectivity index (χ1v) is 13.1. The van der Waals surface area contributed by atoms with Gasteiger partial charge in [0.2, 0.25) is 0 Å². The molecular formula is C33H23IrN4S. The topological polar surface area (TPSA) is 31.7 Å². The third-order valence-electron chi connectivity index (χ3n) is 5.89. The van der Waals surface area contributed by atoms with Crippen molar-refractivity contribution < 1.29 is 20.1 Å². The van der Waals surface area contributed by atoms with Gasteiger partial charge in [-0.2, -0.15) is 40.7 Å². The summed E-state index contributed by atoms with van der Waals surface area (Å²) in [4.78, 5) is 6.66. The minimum atomic E-state index is 0. The Morgan fingerprint density at radius 3 is 2.03 bits per heavy atom. The first-order valence-electron chi connectivity index (χ1n) is 12.3. The molecule has 190 valence electrons. The van der Waals surface area contributed by atoms with Crippen molar-refractivity contribution in [2.24, 2.45) is 5.10 Å². The van der Waals surface area contributed by atoms with Gasteiger partial charge in [0.15, 0.2) is 0 Å². The van der Waals surface area contributed by atoms with Crippen molar-refractivity contribution in [1.29, 1.82) is 0 Å². The van der Waals surface area contributed by atoms with Gasteiger partial charge in [-0.3, -0.25) is 4.98 Å². The molecule has 0 amide bonds. The first kappa shape index (κ1) is 26.5. The van der Waals surface area contributed by atoms with Gasteiger partial charge in [0, 0.05) is 21.0 Å². The Morgan fingerprint density at radius 2 is 1.33 bits per heavy atom. The Morgan fingerprint density at radius 1 is 0.667 bits per heavy atom. The third-order valence-corrected chi connectivity index (χ3v) is 6.96. The van der Waals surface area contributed by atoms with Crippen LogP contribution in [0.25, 0.3) is 20.8 Å². The van der Waals surface area contributed by atoms with Gasteiger partial charge in [-0.05, 0) is 24.3 Å². The minimum Gasteiger partial charge on any atom is -0.456 e. The maximum absolute atomic E-state index is 4.78.